The zero-order chi connectivity index (χ0) is 12.3. The van der Waals surface area contributed by atoms with Crippen molar-refractivity contribution in [3.05, 3.63) is 35.5 Å². The summed E-state index contributed by atoms with van der Waals surface area (Å²) >= 11 is 6.20. The number of nitrogens with zero attached hydrogens (tertiary/aromatic N) is 2. The number of aromatic nitrogens is 2. The molecule has 0 bridgehead atoms. The Morgan fingerprint density at radius 3 is 2.88 bits per heavy atom. The third kappa shape index (κ3) is 2.43. The van der Waals surface area contributed by atoms with Crippen molar-refractivity contribution in [2.24, 2.45) is 12.8 Å². The van der Waals surface area contributed by atoms with Crippen LogP contribution in [0.5, 0.6) is 0 Å². The van der Waals surface area contributed by atoms with Crippen molar-refractivity contribution in [3.8, 4) is 11.3 Å². The lowest BCUT2D eigenvalue weighted by Gasteiger charge is -2.09. The van der Waals surface area contributed by atoms with Gasteiger partial charge in [0.1, 0.15) is 0 Å². The van der Waals surface area contributed by atoms with Crippen LogP contribution < -0.4 is 11.1 Å². The molecule has 3 N–H and O–H groups in total. The van der Waals surface area contributed by atoms with E-state index in [0.717, 1.165) is 16.9 Å². The van der Waals surface area contributed by atoms with E-state index in [-0.39, 0.29) is 0 Å². The van der Waals surface area contributed by atoms with Gasteiger partial charge in [-0.2, -0.15) is 5.10 Å². The van der Waals surface area contributed by atoms with E-state index < -0.39 is 0 Å². The Morgan fingerprint density at radius 2 is 2.18 bits per heavy atom. The highest BCUT2D eigenvalue weighted by Crippen LogP contribution is 2.32. The number of nitrogens with two attached hydrogens (primary N) is 1. The molecule has 0 aliphatic heterocycles. The standard InChI is InChI=1S/C12H15ClN4/c1-17-12(9-4-2-3-5-10(9)13)11(8-16-17)15-7-6-14/h2-5,8,15H,6-7,14H2,1H3. The number of rotatable bonds is 4. The van der Waals surface area contributed by atoms with Crippen LogP contribution in [0.3, 0.4) is 0 Å². The molecular formula is C12H15ClN4. The van der Waals surface area contributed by atoms with E-state index in [1.54, 1.807) is 10.9 Å². The molecule has 0 radical (unpaired) electrons. The van der Waals surface area contributed by atoms with Gasteiger partial charge in [-0.15, -0.1) is 0 Å². The van der Waals surface area contributed by atoms with Crippen molar-refractivity contribution in [3.63, 3.8) is 0 Å². The van der Waals surface area contributed by atoms with Crippen LogP contribution in [0.1, 0.15) is 0 Å². The normalized spacial score (nSPS) is 10.5. The van der Waals surface area contributed by atoms with E-state index in [1.807, 2.05) is 31.3 Å². The van der Waals surface area contributed by atoms with E-state index in [4.69, 9.17) is 17.3 Å². The van der Waals surface area contributed by atoms with Crippen LogP contribution in [0.15, 0.2) is 30.5 Å². The van der Waals surface area contributed by atoms with Crippen LogP contribution in [0, 0.1) is 0 Å². The molecule has 0 spiro atoms. The third-order valence-corrected chi connectivity index (χ3v) is 2.86. The monoisotopic (exact) mass is 250 g/mol. The van der Waals surface area contributed by atoms with Crippen molar-refractivity contribution in [2.75, 3.05) is 18.4 Å². The lowest BCUT2D eigenvalue weighted by atomic mass is 10.1. The highest BCUT2D eigenvalue weighted by atomic mass is 35.5. The fourth-order valence-corrected chi connectivity index (χ4v) is 1.97. The van der Waals surface area contributed by atoms with Crippen LogP contribution in [0.25, 0.3) is 11.3 Å². The number of nitrogens with one attached hydrogen (secondary N) is 1. The Hall–Kier alpha value is -1.52. The van der Waals surface area contributed by atoms with Gasteiger partial charge in [0.2, 0.25) is 0 Å². The summed E-state index contributed by atoms with van der Waals surface area (Å²) in [6, 6.07) is 7.72. The molecule has 0 unspecified atom stereocenters. The van der Waals surface area contributed by atoms with Gasteiger partial charge in [-0.05, 0) is 6.07 Å². The first-order valence-electron chi connectivity index (χ1n) is 5.45. The molecule has 4 nitrogen and oxygen atoms in total. The van der Waals surface area contributed by atoms with Gasteiger partial charge in [0.05, 0.1) is 22.6 Å². The first kappa shape index (κ1) is 12.0. The lowest BCUT2D eigenvalue weighted by molar-refractivity contribution is 0.776. The Balaban J connectivity index is 2.44. The summed E-state index contributed by atoms with van der Waals surface area (Å²) in [6.07, 6.45) is 1.79. The molecule has 90 valence electrons. The van der Waals surface area contributed by atoms with E-state index in [9.17, 15) is 0 Å². The van der Waals surface area contributed by atoms with Crippen LogP contribution in [-0.4, -0.2) is 22.9 Å². The minimum atomic E-state index is 0.580. The molecule has 2 aromatic rings. The second kappa shape index (κ2) is 5.21. The van der Waals surface area contributed by atoms with Gasteiger partial charge in [-0.25, -0.2) is 0 Å². The molecule has 0 amide bonds. The highest BCUT2D eigenvalue weighted by Gasteiger charge is 2.12. The molecule has 0 fully saturated rings. The van der Waals surface area contributed by atoms with Crippen molar-refractivity contribution in [2.45, 2.75) is 0 Å². The van der Waals surface area contributed by atoms with E-state index in [2.05, 4.69) is 10.4 Å². The lowest BCUT2D eigenvalue weighted by Crippen LogP contribution is -2.13. The van der Waals surface area contributed by atoms with E-state index in [1.165, 1.54) is 0 Å². The van der Waals surface area contributed by atoms with Crippen LogP contribution in [0.2, 0.25) is 5.02 Å². The Labute approximate surface area is 105 Å². The number of hydrogen-bond donors (Lipinski definition) is 2. The largest absolute Gasteiger partial charge is 0.381 e. The van der Waals surface area contributed by atoms with E-state index in [0.29, 0.717) is 18.1 Å². The molecule has 1 aromatic heterocycles. The zero-order valence-electron chi connectivity index (χ0n) is 9.65. The molecule has 0 aliphatic carbocycles. The van der Waals surface area contributed by atoms with Gasteiger partial charge in [-0.3, -0.25) is 4.68 Å². The number of benzene rings is 1. The predicted molar refractivity (Wildman–Crippen MR) is 71.2 cm³/mol. The molecule has 0 aliphatic rings. The maximum Gasteiger partial charge on any atom is 0.0925 e. The SMILES string of the molecule is Cn1ncc(NCCN)c1-c1ccccc1Cl. The number of halogens is 1. The maximum absolute atomic E-state index is 6.20. The van der Waals surface area contributed by atoms with Crippen molar-refractivity contribution >= 4 is 17.3 Å². The van der Waals surface area contributed by atoms with Gasteiger partial charge in [0.15, 0.2) is 0 Å². The fourth-order valence-electron chi connectivity index (χ4n) is 1.75. The third-order valence-electron chi connectivity index (χ3n) is 2.53. The molecule has 1 heterocycles. The average Bonchev–Trinajstić information content (AvgIpc) is 2.69. The quantitative estimate of drug-likeness (QED) is 0.874. The second-order valence-corrected chi connectivity index (χ2v) is 4.13. The second-order valence-electron chi connectivity index (χ2n) is 3.73. The van der Waals surface area contributed by atoms with Crippen molar-refractivity contribution in [1.82, 2.24) is 9.78 Å². The molecule has 2 rings (SSSR count). The van der Waals surface area contributed by atoms with Crippen LogP contribution >= 0.6 is 11.6 Å². The Morgan fingerprint density at radius 1 is 1.41 bits per heavy atom. The van der Waals surface area contributed by atoms with Crippen molar-refractivity contribution in [1.29, 1.82) is 0 Å². The molecule has 0 saturated heterocycles. The predicted octanol–water partition coefficient (Wildman–Crippen LogP) is 2.11. The van der Waals surface area contributed by atoms with Crippen molar-refractivity contribution < 1.29 is 0 Å². The average molecular weight is 251 g/mol. The minimum absolute atomic E-state index is 0.580. The summed E-state index contributed by atoms with van der Waals surface area (Å²) in [4.78, 5) is 0. The summed E-state index contributed by atoms with van der Waals surface area (Å²) in [7, 11) is 1.90. The van der Waals surface area contributed by atoms with Gasteiger partial charge in [0.25, 0.3) is 0 Å². The first-order valence-corrected chi connectivity index (χ1v) is 5.82. The summed E-state index contributed by atoms with van der Waals surface area (Å²) in [5, 5.41) is 8.20. The van der Waals surface area contributed by atoms with Gasteiger partial charge in [0, 0.05) is 25.7 Å². The summed E-state index contributed by atoms with van der Waals surface area (Å²) < 4.78 is 1.81. The molecule has 17 heavy (non-hydrogen) atoms. The number of hydrogen-bond acceptors (Lipinski definition) is 3. The summed E-state index contributed by atoms with van der Waals surface area (Å²) in [6.45, 7) is 1.29. The van der Waals surface area contributed by atoms with E-state index >= 15 is 0 Å². The number of anilines is 1. The molecule has 5 heteroatoms. The highest BCUT2D eigenvalue weighted by molar-refractivity contribution is 6.33. The summed E-state index contributed by atoms with van der Waals surface area (Å²) in [5.41, 5.74) is 8.38. The smallest absolute Gasteiger partial charge is 0.0925 e. The number of aryl methyl sites for hydroxylation is 1. The first-order chi connectivity index (χ1) is 8.24. The minimum Gasteiger partial charge on any atom is -0.381 e. The van der Waals surface area contributed by atoms with Crippen LogP contribution in [0.4, 0.5) is 5.69 Å². The van der Waals surface area contributed by atoms with Gasteiger partial charge < -0.3 is 11.1 Å². The Kier molecular flexibility index (Phi) is 3.66. The van der Waals surface area contributed by atoms with Gasteiger partial charge >= 0.3 is 0 Å². The molecule has 0 saturated carbocycles. The topological polar surface area (TPSA) is 55.9 Å². The zero-order valence-corrected chi connectivity index (χ0v) is 10.4. The molecular weight excluding hydrogens is 236 g/mol. The molecule has 0 atom stereocenters. The maximum atomic E-state index is 6.20. The molecule has 1 aromatic carbocycles. The Bertz CT molecular complexity index is 507. The fraction of sp³-hybridized carbons (Fsp3) is 0.250. The van der Waals surface area contributed by atoms with Crippen LogP contribution in [-0.2, 0) is 7.05 Å². The summed E-state index contributed by atoms with van der Waals surface area (Å²) in [5.74, 6) is 0. The van der Waals surface area contributed by atoms with Gasteiger partial charge in [-0.1, -0.05) is 29.8 Å².